The van der Waals surface area contributed by atoms with Crippen LogP contribution in [-0.2, 0) is 10.3 Å². The van der Waals surface area contributed by atoms with Gasteiger partial charge in [0.2, 0.25) is 5.91 Å². The Hall–Kier alpha value is -0.360. The third kappa shape index (κ3) is 4.60. The minimum absolute atomic E-state index is 0. The molecular formula is C12H21Cl2N3OS. The van der Waals surface area contributed by atoms with Crippen molar-refractivity contribution < 1.29 is 4.79 Å². The second-order valence-corrected chi connectivity index (χ2v) is 6.12. The summed E-state index contributed by atoms with van der Waals surface area (Å²) in [5, 5.41) is 5.94. The molecule has 0 saturated heterocycles. The van der Waals surface area contributed by atoms with Crippen molar-refractivity contribution in [3.05, 3.63) is 16.6 Å². The van der Waals surface area contributed by atoms with E-state index in [1.807, 2.05) is 19.2 Å². The fourth-order valence-corrected chi connectivity index (χ4v) is 2.97. The summed E-state index contributed by atoms with van der Waals surface area (Å²) < 4.78 is 0. The topological polar surface area (TPSA) is 68.0 Å². The van der Waals surface area contributed by atoms with E-state index in [9.17, 15) is 4.79 Å². The van der Waals surface area contributed by atoms with Crippen LogP contribution in [0, 0.1) is 5.92 Å². The molecule has 3 N–H and O–H groups in total. The van der Waals surface area contributed by atoms with Crippen LogP contribution in [0.1, 0.15) is 38.1 Å². The maximum absolute atomic E-state index is 12.1. The first kappa shape index (κ1) is 18.6. The van der Waals surface area contributed by atoms with Crippen LogP contribution in [0.25, 0.3) is 0 Å². The van der Waals surface area contributed by atoms with Gasteiger partial charge in [-0.25, -0.2) is 4.98 Å². The molecule has 1 aliphatic rings. The summed E-state index contributed by atoms with van der Waals surface area (Å²) in [5.74, 6) is 0.183. The lowest BCUT2D eigenvalue weighted by atomic mass is 10.0. The van der Waals surface area contributed by atoms with Gasteiger partial charge in [0.15, 0.2) is 0 Å². The molecule has 0 spiro atoms. The quantitative estimate of drug-likeness (QED) is 0.896. The molecule has 0 radical (unpaired) electrons. The molecule has 1 saturated carbocycles. The van der Waals surface area contributed by atoms with E-state index in [1.54, 1.807) is 17.5 Å². The number of carbonyl (C=O) groups is 1. The van der Waals surface area contributed by atoms with E-state index in [4.69, 9.17) is 5.73 Å². The zero-order chi connectivity index (χ0) is 12.5. The fourth-order valence-electron chi connectivity index (χ4n) is 2.25. The molecule has 1 heterocycles. The van der Waals surface area contributed by atoms with Crippen LogP contribution < -0.4 is 11.1 Å². The first-order chi connectivity index (χ1) is 7.99. The van der Waals surface area contributed by atoms with Gasteiger partial charge in [-0.05, 0) is 33.1 Å². The summed E-state index contributed by atoms with van der Waals surface area (Å²) in [6.45, 7) is 3.97. The molecule has 4 nitrogen and oxygen atoms in total. The lowest BCUT2D eigenvalue weighted by molar-refractivity contribution is -0.126. The van der Waals surface area contributed by atoms with Crippen LogP contribution >= 0.6 is 36.2 Å². The third-order valence-electron chi connectivity index (χ3n) is 3.25. The summed E-state index contributed by atoms with van der Waals surface area (Å²) in [7, 11) is 0. The molecule has 1 amide bonds. The van der Waals surface area contributed by atoms with Crippen LogP contribution in [0.15, 0.2) is 11.6 Å². The van der Waals surface area contributed by atoms with Crippen LogP contribution in [0.2, 0.25) is 0 Å². The van der Waals surface area contributed by atoms with Gasteiger partial charge in [-0.15, -0.1) is 36.2 Å². The Morgan fingerprint density at radius 1 is 1.47 bits per heavy atom. The summed E-state index contributed by atoms with van der Waals surface area (Å²) in [5.41, 5.74) is 5.44. The fraction of sp³-hybridized carbons (Fsp3) is 0.667. The second-order valence-electron chi connectivity index (χ2n) is 5.22. The number of nitrogens with zero attached hydrogens (tertiary/aromatic N) is 1. The number of carbonyl (C=O) groups excluding carboxylic acids is 1. The SMILES string of the molecule is CC(C)(NC(=O)C1CCC(N)C1)c1nccs1.Cl.Cl. The van der Waals surface area contributed by atoms with Gasteiger partial charge >= 0.3 is 0 Å². The predicted octanol–water partition coefficient (Wildman–Crippen LogP) is 2.47. The summed E-state index contributed by atoms with van der Waals surface area (Å²) in [4.78, 5) is 16.4. The van der Waals surface area contributed by atoms with Gasteiger partial charge in [0.1, 0.15) is 5.01 Å². The van der Waals surface area contributed by atoms with Crippen LogP contribution in [0.3, 0.4) is 0 Å². The molecular weight excluding hydrogens is 305 g/mol. The largest absolute Gasteiger partial charge is 0.344 e. The number of hydrogen-bond donors (Lipinski definition) is 2. The van der Waals surface area contributed by atoms with Gasteiger partial charge in [-0.1, -0.05) is 0 Å². The van der Waals surface area contributed by atoms with Crippen molar-refractivity contribution in [1.82, 2.24) is 10.3 Å². The van der Waals surface area contributed by atoms with Crippen molar-refractivity contribution in [3.8, 4) is 0 Å². The number of rotatable bonds is 3. The molecule has 2 atom stereocenters. The Balaban J connectivity index is 0.00000162. The van der Waals surface area contributed by atoms with Crippen molar-refractivity contribution in [2.75, 3.05) is 0 Å². The maximum Gasteiger partial charge on any atom is 0.223 e. The van der Waals surface area contributed by atoms with E-state index in [1.165, 1.54) is 0 Å². The minimum atomic E-state index is -0.391. The first-order valence-electron chi connectivity index (χ1n) is 5.96. The van der Waals surface area contributed by atoms with E-state index in [2.05, 4.69) is 10.3 Å². The van der Waals surface area contributed by atoms with E-state index >= 15 is 0 Å². The minimum Gasteiger partial charge on any atom is -0.344 e. The van der Waals surface area contributed by atoms with E-state index in [-0.39, 0.29) is 42.7 Å². The highest BCUT2D eigenvalue weighted by Crippen LogP contribution is 2.27. The molecule has 1 aliphatic carbocycles. The molecule has 19 heavy (non-hydrogen) atoms. The average molecular weight is 326 g/mol. The van der Waals surface area contributed by atoms with Crippen molar-refractivity contribution >= 4 is 42.1 Å². The lowest BCUT2D eigenvalue weighted by Crippen LogP contribution is -2.43. The zero-order valence-electron chi connectivity index (χ0n) is 11.1. The third-order valence-corrected chi connectivity index (χ3v) is 4.34. The molecule has 0 aliphatic heterocycles. The Morgan fingerprint density at radius 2 is 2.16 bits per heavy atom. The highest BCUT2D eigenvalue weighted by atomic mass is 35.5. The average Bonchev–Trinajstić information content (AvgIpc) is 2.86. The van der Waals surface area contributed by atoms with Gasteiger partial charge in [0, 0.05) is 23.5 Å². The molecule has 0 bridgehead atoms. The molecule has 1 fully saturated rings. The molecule has 1 aromatic heterocycles. The molecule has 2 unspecified atom stereocenters. The van der Waals surface area contributed by atoms with Gasteiger partial charge in [0.25, 0.3) is 0 Å². The van der Waals surface area contributed by atoms with Gasteiger partial charge < -0.3 is 11.1 Å². The molecule has 7 heteroatoms. The van der Waals surface area contributed by atoms with E-state index in [0.29, 0.717) is 0 Å². The number of amides is 1. The Labute approximate surface area is 130 Å². The highest BCUT2D eigenvalue weighted by Gasteiger charge is 2.32. The van der Waals surface area contributed by atoms with E-state index < -0.39 is 5.54 Å². The van der Waals surface area contributed by atoms with Gasteiger partial charge in [0.05, 0.1) is 5.54 Å². The zero-order valence-corrected chi connectivity index (χ0v) is 13.5. The molecule has 0 aromatic carbocycles. The van der Waals surface area contributed by atoms with Gasteiger partial charge in [-0.3, -0.25) is 4.79 Å². The van der Waals surface area contributed by atoms with Crippen molar-refractivity contribution in [3.63, 3.8) is 0 Å². The number of thiazole rings is 1. The van der Waals surface area contributed by atoms with Crippen LogP contribution in [0.5, 0.6) is 0 Å². The van der Waals surface area contributed by atoms with Crippen molar-refractivity contribution in [2.45, 2.75) is 44.7 Å². The van der Waals surface area contributed by atoms with E-state index in [0.717, 1.165) is 24.3 Å². The van der Waals surface area contributed by atoms with Crippen LogP contribution in [0.4, 0.5) is 0 Å². The van der Waals surface area contributed by atoms with Crippen LogP contribution in [-0.4, -0.2) is 16.9 Å². The molecule has 2 rings (SSSR count). The Kier molecular flexibility index (Phi) is 7.29. The lowest BCUT2D eigenvalue weighted by Gasteiger charge is -2.25. The Bertz CT molecular complexity index is 398. The number of nitrogens with one attached hydrogen (secondary N) is 1. The normalized spacial score (nSPS) is 22.3. The Morgan fingerprint density at radius 3 is 2.63 bits per heavy atom. The standard InChI is InChI=1S/C12H19N3OS.2ClH/c1-12(2,11-14-5-6-17-11)15-10(16)8-3-4-9(13)7-8;;/h5-6,8-9H,3-4,7,13H2,1-2H3,(H,15,16);2*1H. The number of aromatic nitrogens is 1. The molecule has 1 aromatic rings. The number of halogens is 2. The summed E-state index contributed by atoms with van der Waals surface area (Å²) in [6, 6.07) is 0.189. The predicted molar refractivity (Wildman–Crippen MR) is 83.1 cm³/mol. The number of nitrogens with two attached hydrogens (primary N) is 1. The maximum atomic E-state index is 12.1. The van der Waals surface area contributed by atoms with Crippen molar-refractivity contribution in [1.29, 1.82) is 0 Å². The molecule has 110 valence electrons. The smallest absolute Gasteiger partial charge is 0.223 e. The van der Waals surface area contributed by atoms with Gasteiger partial charge in [-0.2, -0.15) is 0 Å². The monoisotopic (exact) mass is 325 g/mol. The summed E-state index contributed by atoms with van der Waals surface area (Å²) >= 11 is 1.56. The highest BCUT2D eigenvalue weighted by molar-refractivity contribution is 7.09. The first-order valence-corrected chi connectivity index (χ1v) is 6.84. The van der Waals surface area contributed by atoms with Crippen molar-refractivity contribution in [2.24, 2.45) is 11.7 Å². The number of hydrogen-bond acceptors (Lipinski definition) is 4. The summed E-state index contributed by atoms with van der Waals surface area (Å²) in [6.07, 6.45) is 4.43. The second kappa shape index (κ2) is 7.43.